The molecule has 35 heavy (non-hydrogen) atoms. The zero-order chi connectivity index (χ0) is 25.2. The molecule has 5 atom stereocenters. The van der Waals surface area contributed by atoms with Crippen molar-refractivity contribution < 1.29 is 37.9 Å². The molecule has 0 bridgehead atoms. The number of nitrogens with one attached hydrogen (secondary N) is 2. The van der Waals surface area contributed by atoms with E-state index in [0.717, 1.165) is 0 Å². The minimum absolute atomic E-state index is 0.00473. The van der Waals surface area contributed by atoms with E-state index in [2.05, 4.69) is 20.3 Å². The van der Waals surface area contributed by atoms with Crippen LogP contribution in [0.2, 0.25) is 0 Å². The van der Waals surface area contributed by atoms with Crippen molar-refractivity contribution >= 4 is 42.6 Å². The molecular formula is C18H27N6O9PS. The number of anilines is 1. The highest BCUT2D eigenvalue weighted by Crippen LogP contribution is 2.52. The number of aliphatic hydroxyl groups excluding tert-OH is 1. The first-order valence-electron chi connectivity index (χ1n) is 10.9. The highest BCUT2D eigenvalue weighted by atomic mass is 32.2. The number of amides is 1. The number of nitrogens with two attached hydrogens (primary N) is 1. The van der Waals surface area contributed by atoms with E-state index < -0.39 is 37.9 Å². The van der Waals surface area contributed by atoms with Gasteiger partial charge in [0.1, 0.15) is 18.3 Å². The lowest BCUT2D eigenvalue weighted by molar-refractivity contribution is -0.121. The fraction of sp³-hybridized carbons (Fsp3) is 0.667. The summed E-state index contributed by atoms with van der Waals surface area (Å²) in [5.41, 5.74) is 5.24. The standard InChI is InChI=1S/C18H27N6O9PS/c1-30-6-5-20-10(25)4-2-3-7-35-18-21-11-14(22-17(19)23-15(11)27)24(18)16-12(26)13-9(32-16)8-31-34(28,29)33-13/h9,12-13,16,26H,2-8H2,1H3,(H,20,25)(H,28,29)(H3,19,22,23,27)/t9?,12?,13-,16-/m1/s1. The van der Waals surface area contributed by atoms with Gasteiger partial charge in [0.25, 0.3) is 5.56 Å². The summed E-state index contributed by atoms with van der Waals surface area (Å²) in [6.45, 7) is 0.633. The fourth-order valence-corrected chi connectivity index (χ4v) is 5.77. The van der Waals surface area contributed by atoms with Crippen LogP contribution < -0.4 is 16.6 Å². The number of aromatic amines is 1. The number of H-pyrrole nitrogens is 1. The quantitative estimate of drug-likeness (QED) is 0.148. The van der Waals surface area contributed by atoms with Crippen LogP contribution in [0.3, 0.4) is 0 Å². The Morgan fingerprint density at radius 3 is 3.00 bits per heavy atom. The van der Waals surface area contributed by atoms with Crippen molar-refractivity contribution in [3.8, 4) is 0 Å². The highest BCUT2D eigenvalue weighted by Gasteiger charge is 2.53. The summed E-state index contributed by atoms with van der Waals surface area (Å²) in [6.07, 6.45) is -2.81. The summed E-state index contributed by atoms with van der Waals surface area (Å²) >= 11 is 1.28. The number of thioether (sulfide) groups is 1. The summed E-state index contributed by atoms with van der Waals surface area (Å²) in [5, 5.41) is 14.0. The van der Waals surface area contributed by atoms with Crippen LogP contribution in [0.4, 0.5) is 5.95 Å². The van der Waals surface area contributed by atoms with E-state index in [1.807, 2.05) is 0 Å². The van der Waals surface area contributed by atoms with E-state index in [1.54, 1.807) is 7.11 Å². The maximum atomic E-state index is 12.4. The summed E-state index contributed by atoms with van der Waals surface area (Å²) in [7, 11) is -2.76. The zero-order valence-corrected chi connectivity index (χ0v) is 20.5. The number of unbranched alkanes of at least 4 members (excludes halogenated alkanes) is 1. The van der Waals surface area contributed by atoms with E-state index >= 15 is 0 Å². The normalized spacial score (nSPS) is 28.3. The van der Waals surface area contributed by atoms with Gasteiger partial charge in [0.15, 0.2) is 22.5 Å². The lowest BCUT2D eigenvalue weighted by Crippen LogP contribution is -2.39. The smallest absolute Gasteiger partial charge is 0.386 e. The van der Waals surface area contributed by atoms with Crippen molar-refractivity contribution in [2.45, 2.75) is 49.0 Å². The molecule has 4 rings (SSSR count). The van der Waals surface area contributed by atoms with Crippen molar-refractivity contribution in [1.82, 2.24) is 24.8 Å². The van der Waals surface area contributed by atoms with Gasteiger partial charge >= 0.3 is 7.82 Å². The second kappa shape index (κ2) is 10.9. The van der Waals surface area contributed by atoms with Gasteiger partial charge in [-0.15, -0.1) is 0 Å². The number of methoxy groups -OCH3 is 1. The van der Waals surface area contributed by atoms with Crippen molar-refractivity contribution in [3.05, 3.63) is 10.4 Å². The van der Waals surface area contributed by atoms with Crippen LogP contribution in [0.25, 0.3) is 11.2 Å². The number of nitrogen functional groups attached to an aromatic ring is 1. The highest BCUT2D eigenvalue weighted by molar-refractivity contribution is 7.99. The third-order valence-corrected chi connectivity index (χ3v) is 7.44. The van der Waals surface area contributed by atoms with Gasteiger partial charge in [0, 0.05) is 25.8 Å². The van der Waals surface area contributed by atoms with Crippen molar-refractivity contribution in [2.75, 3.05) is 38.4 Å². The molecule has 6 N–H and O–H groups in total. The first-order chi connectivity index (χ1) is 16.7. The molecule has 4 heterocycles. The van der Waals surface area contributed by atoms with E-state index in [-0.39, 0.29) is 29.6 Å². The number of rotatable bonds is 10. The zero-order valence-electron chi connectivity index (χ0n) is 18.8. The number of hydrogen-bond acceptors (Lipinski definition) is 12. The first kappa shape index (κ1) is 26.0. The van der Waals surface area contributed by atoms with Gasteiger partial charge in [-0.3, -0.25) is 28.2 Å². The second-order valence-corrected chi connectivity index (χ2v) is 10.4. The number of aromatic nitrogens is 4. The summed E-state index contributed by atoms with van der Waals surface area (Å²) in [4.78, 5) is 44.8. The lowest BCUT2D eigenvalue weighted by atomic mass is 10.1. The van der Waals surface area contributed by atoms with Crippen molar-refractivity contribution in [3.63, 3.8) is 0 Å². The van der Waals surface area contributed by atoms with Gasteiger partial charge in [-0.05, 0) is 12.8 Å². The summed E-state index contributed by atoms with van der Waals surface area (Å²) < 4.78 is 33.8. The Bertz CT molecular complexity index is 1180. The van der Waals surface area contributed by atoms with Gasteiger partial charge in [0.2, 0.25) is 11.9 Å². The number of carbonyl (C=O) groups is 1. The number of carbonyl (C=O) groups excluding carboxylic acids is 1. The van der Waals surface area contributed by atoms with E-state index in [4.69, 9.17) is 24.3 Å². The molecule has 2 saturated heterocycles. The molecule has 17 heteroatoms. The largest absolute Gasteiger partial charge is 0.472 e. The van der Waals surface area contributed by atoms with Crippen LogP contribution in [-0.4, -0.2) is 86.4 Å². The van der Waals surface area contributed by atoms with Gasteiger partial charge in [-0.1, -0.05) is 11.8 Å². The molecule has 2 aromatic rings. The maximum Gasteiger partial charge on any atom is 0.472 e. The topological polar surface area (TPSA) is 213 Å². The predicted molar refractivity (Wildman–Crippen MR) is 123 cm³/mol. The number of nitrogens with zero attached hydrogens (tertiary/aromatic N) is 3. The average Bonchev–Trinajstić information content (AvgIpc) is 3.30. The molecule has 194 valence electrons. The first-order valence-corrected chi connectivity index (χ1v) is 13.3. The van der Waals surface area contributed by atoms with Crippen LogP contribution >= 0.6 is 19.6 Å². The molecule has 0 aromatic carbocycles. The number of aliphatic hydroxyl groups is 1. The number of hydrogen-bond donors (Lipinski definition) is 5. The van der Waals surface area contributed by atoms with Gasteiger partial charge < -0.3 is 30.5 Å². The molecule has 2 aliphatic rings. The molecule has 0 radical (unpaired) electrons. The summed E-state index contributed by atoms with van der Waals surface area (Å²) in [6, 6.07) is 0. The Kier molecular flexibility index (Phi) is 8.12. The van der Waals surface area contributed by atoms with E-state index in [1.165, 1.54) is 16.3 Å². The summed E-state index contributed by atoms with van der Waals surface area (Å²) in [5.74, 6) is 0.325. The molecule has 0 aliphatic carbocycles. The number of fused-ring (bicyclic) bond motifs is 2. The Balaban J connectivity index is 1.50. The van der Waals surface area contributed by atoms with E-state index in [9.17, 15) is 24.2 Å². The molecule has 2 aromatic heterocycles. The monoisotopic (exact) mass is 534 g/mol. The minimum Gasteiger partial charge on any atom is -0.386 e. The number of phosphoric acid groups is 1. The van der Waals surface area contributed by atoms with Crippen molar-refractivity contribution in [1.29, 1.82) is 0 Å². The molecule has 3 unspecified atom stereocenters. The van der Waals surface area contributed by atoms with Crippen LogP contribution in [0.5, 0.6) is 0 Å². The third-order valence-electron chi connectivity index (χ3n) is 5.42. The van der Waals surface area contributed by atoms with Crippen LogP contribution in [0.1, 0.15) is 25.5 Å². The lowest BCUT2D eigenvalue weighted by Gasteiger charge is -2.27. The van der Waals surface area contributed by atoms with Crippen molar-refractivity contribution in [2.24, 2.45) is 0 Å². The average molecular weight is 534 g/mol. The minimum atomic E-state index is -4.32. The van der Waals surface area contributed by atoms with Crippen LogP contribution in [-0.2, 0) is 27.9 Å². The Hall–Kier alpha value is -2.04. The van der Waals surface area contributed by atoms with Gasteiger partial charge in [0.05, 0.1) is 13.2 Å². The van der Waals surface area contributed by atoms with Crippen LogP contribution in [0.15, 0.2) is 9.95 Å². The molecule has 0 spiro atoms. The number of imidazole rings is 1. The number of phosphoric ester groups is 1. The molecule has 2 aliphatic heterocycles. The predicted octanol–water partition coefficient (Wildman–Crippen LogP) is -0.499. The maximum absolute atomic E-state index is 12.4. The Labute approximate surface area is 203 Å². The molecule has 15 nitrogen and oxygen atoms in total. The van der Waals surface area contributed by atoms with E-state index in [0.29, 0.717) is 43.3 Å². The second-order valence-electron chi connectivity index (χ2n) is 7.93. The Morgan fingerprint density at radius 1 is 1.43 bits per heavy atom. The molecule has 0 saturated carbocycles. The van der Waals surface area contributed by atoms with Crippen LogP contribution in [0, 0.1) is 0 Å². The SMILES string of the molecule is COCCNC(=O)CCCCSc1nc2c(=O)[nH]c(N)nc2n1[C@@H]1OC2COP(=O)(O)O[C@H]2C1O. The fourth-order valence-electron chi connectivity index (χ4n) is 3.79. The molecular weight excluding hydrogens is 507 g/mol. The Morgan fingerprint density at radius 2 is 2.23 bits per heavy atom. The third kappa shape index (κ3) is 5.86. The van der Waals surface area contributed by atoms with Gasteiger partial charge in [-0.2, -0.15) is 4.98 Å². The molecule has 2 fully saturated rings. The number of ether oxygens (including phenoxy) is 2. The molecule has 1 amide bonds. The van der Waals surface area contributed by atoms with Gasteiger partial charge in [-0.25, -0.2) is 9.55 Å².